The van der Waals surface area contributed by atoms with Crippen molar-refractivity contribution >= 4 is 29.1 Å². The number of rotatable bonds is 5. The lowest BCUT2D eigenvalue weighted by molar-refractivity contribution is 0.0901. The third-order valence-corrected chi connectivity index (χ3v) is 3.66. The van der Waals surface area contributed by atoms with Crippen LogP contribution in [0, 0.1) is 5.92 Å². The highest BCUT2D eigenvalue weighted by molar-refractivity contribution is 6.37. The minimum absolute atomic E-state index is 0.241. The van der Waals surface area contributed by atoms with Crippen molar-refractivity contribution in [2.45, 2.75) is 18.9 Å². The maximum absolute atomic E-state index is 11.9. The maximum atomic E-state index is 11.9. The van der Waals surface area contributed by atoms with Crippen LogP contribution in [-0.4, -0.2) is 30.8 Å². The zero-order valence-electron chi connectivity index (χ0n) is 10.5. The number of benzene rings is 1. The molecule has 0 bridgehead atoms. The summed E-state index contributed by atoms with van der Waals surface area (Å²) in [7, 11) is 1.46. The van der Waals surface area contributed by atoms with Crippen LogP contribution in [0.4, 0.5) is 0 Å². The Morgan fingerprint density at radius 2 is 2.05 bits per heavy atom. The standard InChI is InChI=1S/C13H15Cl2NO3/c1-19-12-9(14)4-8(5-10(12)15)13(18)16-6-11(17)7-2-3-7/h4-5,7,11,17H,2-3,6H2,1H3,(H,16,18). The normalized spacial score (nSPS) is 16.0. The number of ether oxygens (including phenoxy) is 1. The van der Waals surface area contributed by atoms with Gasteiger partial charge in [-0.2, -0.15) is 0 Å². The Morgan fingerprint density at radius 3 is 2.53 bits per heavy atom. The number of aliphatic hydroxyl groups excluding tert-OH is 1. The minimum atomic E-state index is -0.479. The second-order valence-electron chi connectivity index (χ2n) is 4.59. The third kappa shape index (κ3) is 3.53. The zero-order valence-corrected chi connectivity index (χ0v) is 12.0. The van der Waals surface area contributed by atoms with E-state index in [2.05, 4.69) is 5.32 Å². The molecule has 2 rings (SSSR count). The molecule has 0 aromatic heterocycles. The van der Waals surface area contributed by atoms with Crippen LogP contribution >= 0.6 is 23.2 Å². The van der Waals surface area contributed by atoms with Crippen molar-refractivity contribution < 1.29 is 14.6 Å². The average Bonchev–Trinajstić information content (AvgIpc) is 3.19. The number of carbonyl (C=O) groups excluding carboxylic acids is 1. The summed E-state index contributed by atoms with van der Waals surface area (Å²) in [5, 5.41) is 12.9. The van der Waals surface area contributed by atoms with Gasteiger partial charge < -0.3 is 15.2 Å². The molecule has 0 aliphatic heterocycles. The molecule has 1 saturated carbocycles. The number of methoxy groups -OCH3 is 1. The highest BCUT2D eigenvalue weighted by Gasteiger charge is 2.29. The predicted octanol–water partition coefficient (Wildman–Crippen LogP) is 2.50. The number of hydrogen-bond donors (Lipinski definition) is 2. The van der Waals surface area contributed by atoms with Gasteiger partial charge >= 0.3 is 0 Å². The van der Waals surface area contributed by atoms with Gasteiger partial charge in [-0.3, -0.25) is 4.79 Å². The predicted molar refractivity (Wildman–Crippen MR) is 74.1 cm³/mol. The van der Waals surface area contributed by atoms with Gasteiger partial charge in [0.15, 0.2) is 5.75 Å². The molecule has 6 heteroatoms. The second kappa shape index (κ2) is 5.99. The van der Waals surface area contributed by atoms with Gasteiger partial charge in [0.25, 0.3) is 5.91 Å². The lowest BCUT2D eigenvalue weighted by Gasteiger charge is -2.12. The summed E-state index contributed by atoms with van der Waals surface area (Å²) < 4.78 is 5.01. The number of aliphatic hydroxyl groups is 1. The quantitative estimate of drug-likeness (QED) is 0.878. The molecular formula is C13H15Cl2NO3. The van der Waals surface area contributed by atoms with Crippen molar-refractivity contribution in [2.75, 3.05) is 13.7 Å². The molecule has 0 heterocycles. The summed E-state index contributed by atoms with van der Waals surface area (Å²) >= 11 is 11.9. The zero-order chi connectivity index (χ0) is 14.0. The van der Waals surface area contributed by atoms with E-state index < -0.39 is 6.10 Å². The fourth-order valence-corrected chi connectivity index (χ4v) is 2.47. The van der Waals surface area contributed by atoms with E-state index >= 15 is 0 Å². The van der Waals surface area contributed by atoms with Crippen molar-refractivity contribution in [3.05, 3.63) is 27.7 Å². The Kier molecular flexibility index (Phi) is 4.55. The molecule has 1 unspecified atom stereocenters. The smallest absolute Gasteiger partial charge is 0.251 e. The van der Waals surface area contributed by atoms with Gasteiger partial charge in [0, 0.05) is 12.1 Å². The van der Waals surface area contributed by atoms with Crippen LogP contribution in [-0.2, 0) is 0 Å². The Hall–Kier alpha value is -0.970. The molecule has 0 radical (unpaired) electrons. The summed E-state index contributed by atoms with van der Waals surface area (Å²) in [6.07, 6.45) is 1.57. The molecule has 0 saturated heterocycles. The van der Waals surface area contributed by atoms with Crippen molar-refractivity contribution in [1.29, 1.82) is 0 Å². The maximum Gasteiger partial charge on any atom is 0.251 e. The van der Waals surface area contributed by atoms with Gasteiger partial charge in [-0.1, -0.05) is 23.2 Å². The van der Waals surface area contributed by atoms with Gasteiger partial charge in [0.05, 0.1) is 23.3 Å². The molecule has 1 aliphatic carbocycles. The van der Waals surface area contributed by atoms with Crippen LogP contribution in [0.5, 0.6) is 5.75 Å². The molecule has 1 aromatic carbocycles. The van der Waals surface area contributed by atoms with Crippen LogP contribution in [0.2, 0.25) is 10.0 Å². The Morgan fingerprint density at radius 1 is 1.47 bits per heavy atom. The number of halogens is 2. The van der Waals surface area contributed by atoms with Crippen LogP contribution in [0.3, 0.4) is 0 Å². The molecular weight excluding hydrogens is 289 g/mol. The summed E-state index contributed by atoms with van der Waals surface area (Å²) in [6.45, 7) is 0.241. The molecule has 1 aromatic rings. The first-order chi connectivity index (χ1) is 9.02. The van der Waals surface area contributed by atoms with Crippen molar-refractivity contribution in [2.24, 2.45) is 5.92 Å². The number of hydrogen-bond acceptors (Lipinski definition) is 3. The first-order valence-corrected chi connectivity index (χ1v) is 6.77. The largest absolute Gasteiger partial charge is 0.494 e. The highest BCUT2D eigenvalue weighted by atomic mass is 35.5. The van der Waals surface area contributed by atoms with Crippen molar-refractivity contribution in [3.63, 3.8) is 0 Å². The molecule has 2 N–H and O–H groups in total. The fraction of sp³-hybridized carbons (Fsp3) is 0.462. The van der Waals surface area contributed by atoms with E-state index in [1.54, 1.807) is 0 Å². The molecule has 1 atom stereocenters. The number of carbonyl (C=O) groups is 1. The molecule has 4 nitrogen and oxygen atoms in total. The van der Waals surface area contributed by atoms with Crippen LogP contribution in [0.25, 0.3) is 0 Å². The molecule has 0 spiro atoms. The van der Waals surface area contributed by atoms with E-state index in [1.807, 2.05) is 0 Å². The lowest BCUT2D eigenvalue weighted by Crippen LogP contribution is -2.33. The topological polar surface area (TPSA) is 58.6 Å². The molecule has 1 amide bonds. The van der Waals surface area contributed by atoms with Crippen LogP contribution < -0.4 is 10.1 Å². The lowest BCUT2D eigenvalue weighted by atomic mass is 10.2. The SMILES string of the molecule is COc1c(Cl)cc(C(=O)NCC(O)C2CC2)cc1Cl. The van der Waals surface area contributed by atoms with Crippen LogP contribution in [0.15, 0.2) is 12.1 Å². The Labute approximate surface area is 121 Å². The Bertz CT molecular complexity index is 466. The van der Waals surface area contributed by atoms with E-state index in [9.17, 15) is 9.90 Å². The van der Waals surface area contributed by atoms with E-state index in [1.165, 1.54) is 19.2 Å². The summed E-state index contributed by atoms with van der Waals surface area (Å²) in [6, 6.07) is 2.98. The van der Waals surface area contributed by atoms with Crippen molar-refractivity contribution in [1.82, 2.24) is 5.32 Å². The summed E-state index contributed by atoms with van der Waals surface area (Å²) in [5.41, 5.74) is 0.346. The summed E-state index contributed by atoms with van der Waals surface area (Å²) in [4.78, 5) is 11.9. The highest BCUT2D eigenvalue weighted by Crippen LogP contribution is 2.34. The molecule has 1 aliphatic rings. The number of amides is 1. The van der Waals surface area contributed by atoms with Crippen LogP contribution in [0.1, 0.15) is 23.2 Å². The van der Waals surface area contributed by atoms with E-state index in [4.69, 9.17) is 27.9 Å². The molecule has 19 heavy (non-hydrogen) atoms. The van der Waals surface area contributed by atoms with Gasteiger partial charge in [-0.25, -0.2) is 0 Å². The van der Waals surface area contributed by atoms with Gasteiger partial charge in [0.1, 0.15) is 0 Å². The first kappa shape index (κ1) is 14.4. The second-order valence-corrected chi connectivity index (χ2v) is 5.40. The average molecular weight is 304 g/mol. The molecule has 1 fully saturated rings. The fourth-order valence-electron chi connectivity index (χ4n) is 1.83. The van der Waals surface area contributed by atoms with Gasteiger partial charge in [-0.15, -0.1) is 0 Å². The minimum Gasteiger partial charge on any atom is -0.494 e. The number of nitrogens with one attached hydrogen (secondary N) is 1. The third-order valence-electron chi connectivity index (χ3n) is 3.10. The Balaban J connectivity index is 2.02. The van der Waals surface area contributed by atoms with E-state index in [-0.39, 0.29) is 22.5 Å². The first-order valence-electron chi connectivity index (χ1n) is 6.02. The van der Waals surface area contributed by atoms with E-state index in [0.29, 0.717) is 17.2 Å². The monoisotopic (exact) mass is 303 g/mol. The van der Waals surface area contributed by atoms with Crippen molar-refractivity contribution in [3.8, 4) is 5.75 Å². The van der Waals surface area contributed by atoms with Gasteiger partial charge in [-0.05, 0) is 30.9 Å². The van der Waals surface area contributed by atoms with Gasteiger partial charge in [0.2, 0.25) is 0 Å². The molecule has 104 valence electrons. The van der Waals surface area contributed by atoms with E-state index in [0.717, 1.165) is 12.8 Å². The summed E-state index contributed by atoms with van der Waals surface area (Å²) in [5.74, 6) is 0.354.